The lowest BCUT2D eigenvalue weighted by Crippen LogP contribution is -2.48. The monoisotopic (exact) mass is 377 g/mol. The van der Waals surface area contributed by atoms with Gasteiger partial charge in [0.1, 0.15) is 0 Å². The highest BCUT2D eigenvalue weighted by atomic mass is 16.6. The molecule has 1 atom stereocenters. The van der Waals surface area contributed by atoms with E-state index in [2.05, 4.69) is 10.6 Å². The lowest BCUT2D eigenvalue weighted by atomic mass is 9.96. The van der Waals surface area contributed by atoms with Crippen LogP contribution in [0.2, 0.25) is 0 Å². The molecule has 0 bridgehead atoms. The van der Waals surface area contributed by atoms with Gasteiger partial charge < -0.3 is 10.1 Å². The number of hydrogen-bond acceptors (Lipinski definition) is 6. The lowest BCUT2D eigenvalue weighted by molar-refractivity contribution is -0.385. The molecule has 0 heterocycles. The number of hydrogen-bond donors (Lipinski definition) is 2. The van der Waals surface area contributed by atoms with Gasteiger partial charge in [0, 0.05) is 17.7 Å². The van der Waals surface area contributed by atoms with Crippen LogP contribution in [0.3, 0.4) is 0 Å². The number of nitro benzene ring substituents is 1. The van der Waals surface area contributed by atoms with Gasteiger partial charge in [-0.15, -0.1) is 0 Å². The summed E-state index contributed by atoms with van der Waals surface area (Å²) in [6.45, 7) is 2.87. The standard InChI is InChI=1S/C18H23N3O6/c1-11-8-9-13(10-15(11)21(25)26)17(23)27-12(2)16(22)20-18(24)19-14-6-4-3-5-7-14/h8-10,12,14H,3-7H2,1-2H3,(H2,19,20,22,24)/t12-/m1/s1. The fraction of sp³-hybridized carbons (Fsp3) is 0.500. The molecule has 1 aromatic rings. The van der Waals surface area contributed by atoms with Crippen LogP contribution >= 0.6 is 0 Å². The van der Waals surface area contributed by atoms with Crippen LogP contribution in [-0.4, -0.2) is 35.0 Å². The first kappa shape index (κ1) is 20.3. The Morgan fingerprint density at radius 3 is 2.52 bits per heavy atom. The Balaban J connectivity index is 1.89. The van der Waals surface area contributed by atoms with Crippen molar-refractivity contribution in [2.75, 3.05) is 0 Å². The third-order valence-corrected chi connectivity index (χ3v) is 4.47. The number of ether oxygens (including phenoxy) is 1. The molecule has 1 saturated carbocycles. The van der Waals surface area contributed by atoms with Crippen molar-refractivity contribution in [2.45, 2.75) is 58.1 Å². The highest BCUT2D eigenvalue weighted by Gasteiger charge is 2.24. The molecule has 0 spiro atoms. The van der Waals surface area contributed by atoms with Crippen LogP contribution in [0.5, 0.6) is 0 Å². The maximum Gasteiger partial charge on any atom is 0.339 e. The number of rotatable bonds is 5. The summed E-state index contributed by atoms with van der Waals surface area (Å²) in [5.41, 5.74) is 0.147. The van der Waals surface area contributed by atoms with Crippen LogP contribution in [0.25, 0.3) is 0 Å². The first-order chi connectivity index (χ1) is 12.8. The number of amides is 3. The second-order valence-electron chi connectivity index (χ2n) is 6.60. The Hall–Kier alpha value is -2.97. The predicted octanol–water partition coefficient (Wildman–Crippen LogP) is 2.61. The van der Waals surface area contributed by atoms with Crippen molar-refractivity contribution in [3.05, 3.63) is 39.4 Å². The molecule has 1 fully saturated rings. The molecule has 1 aromatic carbocycles. The average molecular weight is 377 g/mol. The topological polar surface area (TPSA) is 128 Å². The number of nitro groups is 1. The van der Waals surface area contributed by atoms with Gasteiger partial charge in [-0.2, -0.15) is 0 Å². The number of imide groups is 1. The quantitative estimate of drug-likeness (QED) is 0.461. The molecule has 1 aliphatic rings. The second kappa shape index (κ2) is 9.11. The number of aryl methyl sites for hydroxylation is 1. The Bertz CT molecular complexity index is 743. The summed E-state index contributed by atoms with van der Waals surface area (Å²) < 4.78 is 5.01. The molecule has 2 N–H and O–H groups in total. The molecule has 9 heteroatoms. The molecule has 0 unspecified atom stereocenters. The highest BCUT2D eigenvalue weighted by molar-refractivity contribution is 5.98. The molecule has 0 aromatic heterocycles. The van der Waals surface area contributed by atoms with Gasteiger partial charge in [-0.3, -0.25) is 20.2 Å². The molecule has 2 rings (SSSR count). The minimum absolute atomic E-state index is 0.0394. The van der Waals surface area contributed by atoms with Gasteiger partial charge in [0.05, 0.1) is 10.5 Å². The van der Waals surface area contributed by atoms with Gasteiger partial charge in [0.2, 0.25) is 0 Å². The minimum Gasteiger partial charge on any atom is -0.449 e. The number of nitrogens with zero attached hydrogens (tertiary/aromatic N) is 1. The summed E-state index contributed by atoms with van der Waals surface area (Å²) in [5.74, 6) is -1.65. The first-order valence-electron chi connectivity index (χ1n) is 8.85. The van der Waals surface area contributed by atoms with Gasteiger partial charge in [-0.05, 0) is 32.8 Å². The van der Waals surface area contributed by atoms with E-state index in [-0.39, 0.29) is 17.3 Å². The van der Waals surface area contributed by atoms with E-state index in [1.165, 1.54) is 19.1 Å². The predicted molar refractivity (Wildman–Crippen MR) is 96.3 cm³/mol. The van der Waals surface area contributed by atoms with Gasteiger partial charge >= 0.3 is 12.0 Å². The van der Waals surface area contributed by atoms with E-state index in [4.69, 9.17) is 4.74 Å². The van der Waals surface area contributed by atoms with E-state index in [1.807, 2.05) is 0 Å². The summed E-state index contributed by atoms with van der Waals surface area (Å²) in [6.07, 6.45) is 3.74. The fourth-order valence-electron chi connectivity index (χ4n) is 2.90. The normalized spacial score (nSPS) is 15.5. The van der Waals surface area contributed by atoms with Crippen molar-refractivity contribution in [3.63, 3.8) is 0 Å². The van der Waals surface area contributed by atoms with Gasteiger partial charge in [-0.1, -0.05) is 25.3 Å². The van der Waals surface area contributed by atoms with Gasteiger partial charge in [-0.25, -0.2) is 9.59 Å². The van der Waals surface area contributed by atoms with Crippen LogP contribution in [0.1, 0.15) is 54.9 Å². The molecule has 9 nitrogen and oxygen atoms in total. The third-order valence-electron chi connectivity index (χ3n) is 4.47. The van der Waals surface area contributed by atoms with E-state index < -0.39 is 28.9 Å². The Morgan fingerprint density at radius 1 is 1.22 bits per heavy atom. The number of esters is 1. The molecule has 3 amide bonds. The van der Waals surface area contributed by atoms with Crippen molar-refractivity contribution < 1.29 is 24.0 Å². The SMILES string of the molecule is Cc1ccc(C(=O)O[C@H](C)C(=O)NC(=O)NC2CCCCC2)cc1[N+](=O)[O-]. The van der Waals surface area contributed by atoms with Crippen molar-refractivity contribution >= 4 is 23.6 Å². The third kappa shape index (κ3) is 5.77. The average Bonchev–Trinajstić information content (AvgIpc) is 2.62. The number of benzene rings is 1. The van der Waals surface area contributed by atoms with Crippen LogP contribution in [0.4, 0.5) is 10.5 Å². The maximum atomic E-state index is 12.1. The fourth-order valence-corrected chi connectivity index (χ4v) is 2.90. The molecular weight excluding hydrogens is 354 g/mol. The zero-order valence-electron chi connectivity index (χ0n) is 15.3. The van der Waals surface area contributed by atoms with Crippen molar-refractivity contribution in [3.8, 4) is 0 Å². The molecule has 146 valence electrons. The number of carbonyl (C=O) groups is 3. The maximum absolute atomic E-state index is 12.1. The molecule has 27 heavy (non-hydrogen) atoms. The van der Waals surface area contributed by atoms with Crippen LogP contribution in [0.15, 0.2) is 18.2 Å². The number of carbonyl (C=O) groups excluding carboxylic acids is 3. The van der Waals surface area contributed by atoms with E-state index in [0.29, 0.717) is 5.56 Å². The van der Waals surface area contributed by atoms with E-state index in [9.17, 15) is 24.5 Å². The molecule has 0 radical (unpaired) electrons. The number of urea groups is 1. The Morgan fingerprint density at radius 2 is 1.89 bits per heavy atom. The largest absolute Gasteiger partial charge is 0.449 e. The van der Waals surface area contributed by atoms with Crippen molar-refractivity contribution in [2.24, 2.45) is 0 Å². The zero-order valence-corrected chi connectivity index (χ0v) is 15.3. The Kier molecular flexibility index (Phi) is 6.86. The second-order valence-corrected chi connectivity index (χ2v) is 6.60. The molecule has 0 aliphatic heterocycles. The Labute approximate surface area is 156 Å². The van der Waals surface area contributed by atoms with Gasteiger partial charge in [0.25, 0.3) is 11.6 Å². The van der Waals surface area contributed by atoms with E-state index >= 15 is 0 Å². The first-order valence-corrected chi connectivity index (χ1v) is 8.85. The molecule has 0 saturated heterocycles. The minimum atomic E-state index is -1.23. The molecular formula is C18H23N3O6. The number of nitrogens with one attached hydrogen (secondary N) is 2. The van der Waals surface area contributed by atoms with Gasteiger partial charge in [0.15, 0.2) is 6.10 Å². The smallest absolute Gasteiger partial charge is 0.339 e. The van der Waals surface area contributed by atoms with E-state index in [0.717, 1.165) is 38.2 Å². The van der Waals surface area contributed by atoms with Crippen LogP contribution in [0, 0.1) is 17.0 Å². The van der Waals surface area contributed by atoms with Crippen molar-refractivity contribution in [1.29, 1.82) is 0 Å². The van der Waals surface area contributed by atoms with Crippen LogP contribution < -0.4 is 10.6 Å². The summed E-state index contributed by atoms with van der Waals surface area (Å²) in [6, 6.07) is 3.32. The summed E-state index contributed by atoms with van der Waals surface area (Å²) >= 11 is 0. The summed E-state index contributed by atoms with van der Waals surface area (Å²) in [4.78, 5) is 46.4. The lowest BCUT2D eigenvalue weighted by Gasteiger charge is -2.23. The van der Waals surface area contributed by atoms with Crippen LogP contribution in [-0.2, 0) is 9.53 Å². The summed E-state index contributed by atoms with van der Waals surface area (Å²) in [5, 5.41) is 15.8. The molecule has 1 aliphatic carbocycles. The highest BCUT2D eigenvalue weighted by Crippen LogP contribution is 2.20. The zero-order chi connectivity index (χ0) is 20.0. The summed E-state index contributed by atoms with van der Waals surface area (Å²) in [7, 11) is 0. The van der Waals surface area contributed by atoms with Crippen molar-refractivity contribution in [1.82, 2.24) is 10.6 Å². The van der Waals surface area contributed by atoms with E-state index in [1.54, 1.807) is 6.92 Å².